The number of terminal acetylenes is 2. The number of rotatable bonds is 6. The number of azo groups is 1. The average molecular weight is 231 g/mol. The van der Waals surface area contributed by atoms with E-state index in [-0.39, 0.29) is 12.5 Å². The van der Waals surface area contributed by atoms with Crippen LogP contribution in [0.25, 0.3) is 0 Å². The molecule has 5 heteroatoms. The van der Waals surface area contributed by atoms with E-state index in [1.165, 1.54) is 0 Å². The molecular weight excluding hydrogens is 218 g/mol. The zero-order valence-electron chi connectivity index (χ0n) is 9.43. The number of hydrogen-bond acceptors (Lipinski definition) is 2. The fourth-order valence-corrected chi connectivity index (χ4v) is 1.59. The zero-order valence-corrected chi connectivity index (χ0v) is 9.43. The van der Waals surface area contributed by atoms with Crippen LogP contribution >= 0.6 is 0 Å². The summed E-state index contributed by atoms with van der Waals surface area (Å²) >= 11 is 0. The molecule has 0 aromatic heterocycles. The highest BCUT2D eigenvalue weighted by atomic mass is 16.2. The highest BCUT2D eigenvalue weighted by molar-refractivity contribution is 5.98. The summed E-state index contributed by atoms with van der Waals surface area (Å²) in [7, 11) is 0. The third-order valence-corrected chi connectivity index (χ3v) is 2.52. The number of carbonyl (C=O) groups is 2. The van der Waals surface area contributed by atoms with Crippen LogP contribution in [0.4, 0.5) is 9.59 Å². The van der Waals surface area contributed by atoms with Crippen molar-refractivity contribution in [2.45, 2.75) is 25.7 Å². The first kappa shape index (κ1) is 12.9. The molecule has 0 aliphatic carbocycles. The second-order valence-electron chi connectivity index (χ2n) is 3.73. The maximum Gasteiger partial charge on any atom is 0.370 e. The number of urea groups is 2. The summed E-state index contributed by atoms with van der Waals surface area (Å²) in [4.78, 5) is 23.5. The molecule has 0 saturated heterocycles. The van der Waals surface area contributed by atoms with E-state index in [0.717, 1.165) is 17.7 Å². The van der Waals surface area contributed by atoms with Gasteiger partial charge in [-0.2, -0.15) is 0 Å². The first-order valence-electron chi connectivity index (χ1n) is 5.33. The highest BCUT2D eigenvalue weighted by Crippen LogP contribution is 2.18. The summed E-state index contributed by atoms with van der Waals surface area (Å²) in [6, 6.07) is -1.22. The molecule has 0 unspecified atom stereocenters. The van der Waals surface area contributed by atoms with Crippen LogP contribution in [-0.2, 0) is 0 Å². The average Bonchev–Trinajstić information content (AvgIpc) is 2.63. The molecule has 0 aromatic carbocycles. The van der Waals surface area contributed by atoms with Crippen molar-refractivity contribution < 1.29 is 9.59 Å². The van der Waals surface area contributed by atoms with E-state index in [1.54, 1.807) is 0 Å². The quantitative estimate of drug-likeness (QED) is 0.659. The summed E-state index contributed by atoms with van der Waals surface area (Å²) in [5.74, 6) is 5.18. The van der Waals surface area contributed by atoms with E-state index in [1.807, 2.05) is 0 Å². The van der Waals surface area contributed by atoms with Gasteiger partial charge in [0.2, 0.25) is 0 Å². The fraction of sp³-hybridized carbons (Fsp3) is 0.500. The molecule has 1 heterocycles. The standard InChI is InChI=1S/C12H13N3O2/c1-3-5-7-10(8-6-4-2)9-15-11(16)13-14-12(15)17/h1-2,10H,5-9H2. The van der Waals surface area contributed by atoms with Gasteiger partial charge < -0.3 is 0 Å². The van der Waals surface area contributed by atoms with Crippen molar-refractivity contribution in [2.75, 3.05) is 6.54 Å². The second-order valence-corrected chi connectivity index (χ2v) is 3.73. The molecule has 0 atom stereocenters. The Kier molecular flexibility index (Phi) is 4.90. The van der Waals surface area contributed by atoms with E-state index in [9.17, 15) is 9.59 Å². The van der Waals surface area contributed by atoms with Gasteiger partial charge in [-0.15, -0.1) is 24.7 Å². The van der Waals surface area contributed by atoms with Crippen molar-refractivity contribution in [3.63, 3.8) is 0 Å². The smallest absolute Gasteiger partial charge is 0.244 e. The predicted molar refractivity (Wildman–Crippen MR) is 62.0 cm³/mol. The van der Waals surface area contributed by atoms with Gasteiger partial charge in [0.1, 0.15) is 0 Å². The Balaban J connectivity index is 2.53. The molecule has 5 nitrogen and oxygen atoms in total. The third kappa shape index (κ3) is 3.73. The number of imide groups is 1. The topological polar surface area (TPSA) is 62.1 Å². The summed E-state index contributed by atoms with van der Waals surface area (Å²) in [5, 5.41) is 6.39. The van der Waals surface area contributed by atoms with Crippen molar-refractivity contribution in [3.8, 4) is 24.7 Å². The van der Waals surface area contributed by atoms with Gasteiger partial charge in [0.05, 0.1) is 0 Å². The van der Waals surface area contributed by atoms with Crippen molar-refractivity contribution >= 4 is 12.1 Å². The maximum absolute atomic E-state index is 11.2. The minimum Gasteiger partial charge on any atom is -0.244 e. The number of carbonyl (C=O) groups excluding carboxylic acids is 2. The maximum atomic E-state index is 11.2. The summed E-state index contributed by atoms with van der Waals surface area (Å²) in [5.41, 5.74) is 0. The van der Waals surface area contributed by atoms with E-state index in [4.69, 9.17) is 12.8 Å². The normalized spacial score (nSPS) is 14.2. The SMILES string of the molecule is C#CCCC(CCC#C)CN1C(=O)N=NC1=O. The highest BCUT2D eigenvalue weighted by Gasteiger charge is 2.29. The van der Waals surface area contributed by atoms with E-state index in [2.05, 4.69) is 22.1 Å². The van der Waals surface area contributed by atoms with Gasteiger partial charge in [-0.1, -0.05) is 10.2 Å². The monoisotopic (exact) mass is 231 g/mol. The lowest BCUT2D eigenvalue weighted by Crippen LogP contribution is -2.33. The van der Waals surface area contributed by atoms with Gasteiger partial charge in [0.25, 0.3) is 0 Å². The molecule has 0 fully saturated rings. The molecule has 0 bridgehead atoms. The Labute approximate surface area is 100 Å². The van der Waals surface area contributed by atoms with Crippen LogP contribution in [0.5, 0.6) is 0 Å². The van der Waals surface area contributed by atoms with E-state index < -0.39 is 12.1 Å². The van der Waals surface area contributed by atoms with Crippen LogP contribution in [0, 0.1) is 30.6 Å². The van der Waals surface area contributed by atoms with Crippen molar-refractivity contribution in [1.29, 1.82) is 0 Å². The lowest BCUT2D eigenvalue weighted by Gasteiger charge is -2.19. The van der Waals surface area contributed by atoms with Crippen molar-refractivity contribution in [1.82, 2.24) is 4.90 Å². The fourth-order valence-electron chi connectivity index (χ4n) is 1.59. The van der Waals surface area contributed by atoms with Crippen LogP contribution in [0.2, 0.25) is 0 Å². The van der Waals surface area contributed by atoms with Crippen molar-refractivity contribution in [2.24, 2.45) is 16.1 Å². The van der Waals surface area contributed by atoms with E-state index >= 15 is 0 Å². The molecule has 0 N–H and O–H groups in total. The predicted octanol–water partition coefficient (Wildman–Crippen LogP) is 2.44. The summed E-state index contributed by atoms with van der Waals surface area (Å²) < 4.78 is 0. The van der Waals surface area contributed by atoms with Gasteiger partial charge in [-0.25, -0.2) is 14.5 Å². The van der Waals surface area contributed by atoms with Gasteiger partial charge in [0, 0.05) is 19.4 Å². The van der Waals surface area contributed by atoms with Crippen LogP contribution in [0.15, 0.2) is 10.2 Å². The Bertz CT molecular complexity index is 378. The first-order chi connectivity index (χ1) is 8.19. The molecule has 1 aliphatic rings. The molecule has 0 spiro atoms. The largest absolute Gasteiger partial charge is 0.370 e. The molecule has 17 heavy (non-hydrogen) atoms. The Morgan fingerprint density at radius 1 is 1.06 bits per heavy atom. The van der Waals surface area contributed by atoms with Crippen LogP contribution in [0.3, 0.4) is 0 Å². The minimum atomic E-state index is -0.610. The van der Waals surface area contributed by atoms with Gasteiger partial charge in [0.15, 0.2) is 0 Å². The Morgan fingerprint density at radius 3 is 1.94 bits per heavy atom. The number of nitrogens with zero attached hydrogens (tertiary/aromatic N) is 3. The molecular formula is C12H13N3O2. The molecule has 0 saturated carbocycles. The van der Waals surface area contributed by atoms with Gasteiger partial charge in [-0.05, 0) is 18.8 Å². The Morgan fingerprint density at radius 2 is 1.53 bits per heavy atom. The van der Waals surface area contributed by atoms with Crippen LogP contribution in [-0.4, -0.2) is 23.5 Å². The van der Waals surface area contributed by atoms with Crippen LogP contribution < -0.4 is 0 Å². The van der Waals surface area contributed by atoms with Gasteiger partial charge >= 0.3 is 12.1 Å². The molecule has 4 amide bonds. The third-order valence-electron chi connectivity index (χ3n) is 2.52. The number of amides is 4. The second kappa shape index (κ2) is 6.44. The van der Waals surface area contributed by atoms with Crippen LogP contribution in [0.1, 0.15) is 25.7 Å². The lowest BCUT2D eigenvalue weighted by molar-refractivity contribution is 0.196. The number of hydrogen-bond donors (Lipinski definition) is 0. The Hall–Kier alpha value is -2.14. The zero-order chi connectivity index (χ0) is 12.7. The summed E-state index contributed by atoms with van der Waals surface area (Å²) in [6.45, 7) is 0.286. The minimum absolute atomic E-state index is 0.110. The summed E-state index contributed by atoms with van der Waals surface area (Å²) in [6.07, 6.45) is 13.0. The molecule has 0 aromatic rings. The molecule has 1 rings (SSSR count). The molecule has 1 aliphatic heterocycles. The molecule has 0 radical (unpaired) electrons. The lowest BCUT2D eigenvalue weighted by atomic mass is 9.97. The molecule has 88 valence electrons. The van der Waals surface area contributed by atoms with Crippen molar-refractivity contribution in [3.05, 3.63) is 0 Å². The van der Waals surface area contributed by atoms with Gasteiger partial charge in [-0.3, -0.25) is 0 Å². The van der Waals surface area contributed by atoms with E-state index in [0.29, 0.717) is 12.8 Å². The first-order valence-corrected chi connectivity index (χ1v) is 5.33.